The Morgan fingerprint density at radius 3 is 3.04 bits per heavy atom. The first-order valence-electron chi connectivity index (χ1n) is 8.92. The average molecular weight is 343 g/mol. The van der Waals surface area contributed by atoms with E-state index in [2.05, 4.69) is 22.4 Å². The van der Waals surface area contributed by atoms with E-state index < -0.39 is 0 Å². The lowest BCUT2D eigenvalue weighted by Gasteiger charge is -2.29. The highest BCUT2D eigenvalue weighted by atomic mass is 16.5. The van der Waals surface area contributed by atoms with Gasteiger partial charge in [0.05, 0.1) is 0 Å². The number of nitrogens with zero attached hydrogens (tertiary/aromatic N) is 2. The summed E-state index contributed by atoms with van der Waals surface area (Å²) in [6, 6.07) is 7.56. The lowest BCUT2D eigenvalue weighted by atomic mass is 9.84. The van der Waals surface area contributed by atoms with Crippen LogP contribution in [0.1, 0.15) is 55.3 Å². The average Bonchev–Trinajstić information content (AvgIpc) is 3.11. The van der Waals surface area contributed by atoms with E-state index in [0.29, 0.717) is 17.3 Å². The number of hydrogen-bond donors (Lipinski definition) is 1. The van der Waals surface area contributed by atoms with Crippen molar-refractivity contribution in [1.82, 2.24) is 15.5 Å². The molecule has 1 aliphatic carbocycles. The Labute approximate surface area is 148 Å². The Morgan fingerprint density at radius 1 is 1.36 bits per heavy atom. The van der Waals surface area contributed by atoms with Crippen molar-refractivity contribution >= 4 is 5.91 Å². The van der Waals surface area contributed by atoms with E-state index in [1.165, 1.54) is 19.3 Å². The van der Waals surface area contributed by atoms with E-state index in [1.807, 2.05) is 18.2 Å². The van der Waals surface area contributed by atoms with Crippen LogP contribution in [0.2, 0.25) is 0 Å². The molecule has 6 nitrogen and oxygen atoms in total. The molecular formula is C19H25N3O3. The Hall–Kier alpha value is -2.21. The van der Waals surface area contributed by atoms with Crippen molar-refractivity contribution in [3.05, 3.63) is 35.7 Å². The fraction of sp³-hybridized carbons (Fsp3) is 0.526. The second kappa shape index (κ2) is 8.25. The summed E-state index contributed by atoms with van der Waals surface area (Å²) in [4.78, 5) is 12.6. The van der Waals surface area contributed by atoms with Crippen LogP contribution in [0.15, 0.2) is 28.7 Å². The molecule has 0 spiro atoms. The summed E-state index contributed by atoms with van der Waals surface area (Å²) >= 11 is 0. The van der Waals surface area contributed by atoms with E-state index >= 15 is 0 Å². The zero-order chi connectivity index (χ0) is 17.6. The van der Waals surface area contributed by atoms with Crippen LogP contribution < -0.4 is 5.32 Å². The number of hydrogen-bond acceptors (Lipinski definition) is 5. The van der Waals surface area contributed by atoms with Gasteiger partial charge in [-0.25, -0.2) is 0 Å². The molecule has 0 radical (unpaired) electrons. The molecule has 1 saturated carbocycles. The fourth-order valence-electron chi connectivity index (χ4n) is 3.41. The van der Waals surface area contributed by atoms with Crippen molar-refractivity contribution in [2.45, 2.75) is 51.7 Å². The number of nitrogens with one attached hydrogen (secondary N) is 1. The molecule has 2 atom stereocenters. The highest BCUT2D eigenvalue weighted by molar-refractivity contribution is 5.95. The quantitative estimate of drug-likeness (QED) is 0.867. The molecule has 134 valence electrons. The maximum absolute atomic E-state index is 12.6. The van der Waals surface area contributed by atoms with Crippen molar-refractivity contribution in [2.75, 3.05) is 7.11 Å². The van der Waals surface area contributed by atoms with Gasteiger partial charge >= 0.3 is 0 Å². The van der Waals surface area contributed by atoms with Gasteiger partial charge < -0.3 is 14.5 Å². The van der Waals surface area contributed by atoms with Crippen LogP contribution in [0, 0.1) is 5.92 Å². The van der Waals surface area contributed by atoms with Crippen molar-refractivity contribution in [3.8, 4) is 11.5 Å². The molecule has 1 amide bonds. The Kier molecular flexibility index (Phi) is 5.81. The van der Waals surface area contributed by atoms with Crippen molar-refractivity contribution in [1.29, 1.82) is 0 Å². The fourth-order valence-corrected chi connectivity index (χ4v) is 3.41. The van der Waals surface area contributed by atoms with Gasteiger partial charge in [-0.2, -0.15) is 0 Å². The van der Waals surface area contributed by atoms with Gasteiger partial charge in [0.2, 0.25) is 11.8 Å². The molecule has 1 aliphatic rings. The smallest absolute Gasteiger partial charge is 0.251 e. The SMILES string of the molecule is CCC1CCCC(NC(=O)c2cccc(-c3nnc(COC)o3)c2)C1. The molecule has 1 N–H and O–H groups in total. The zero-order valence-corrected chi connectivity index (χ0v) is 14.8. The van der Waals surface area contributed by atoms with E-state index in [0.717, 1.165) is 24.3 Å². The van der Waals surface area contributed by atoms with E-state index in [1.54, 1.807) is 13.2 Å². The van der Waals surface area contributed by atoms with Gasteiger partial charge in [0, 0.05) is 24.3 Å². The Morgan fingerprint density at radius 2 is 2.24 bits per heavy atom. The number of methoxy groups -OCH3 is 1. The standard InChI is InChI=1S/C19H25N3O3/c1-3-13-6-4-9-16(10-13)20-18(23)14-7-5-8-15(11-14)19-22-21-17(25-19)12-24-2/h5,7-8,11,13,16H,3-4,6,9-10,12H2,1-2H3,(H,20,23). The summed E-state index contributed by atoms with van der Waals surface area (Å²) in [6.45, 7) is 2.49. The minimum atomic E-state index is -0.0415. The predicted molar refractivity (Wildman–Crippen MR) is 94.0 cm³/mol. The molecule has 0 bridgehead atoms. The lowest BCUT2D eigenvalue weighted by Crippen LogP contribution is -2.38. The number of aromatic nitrogens is 2. The predicted octanol–water partition coefficient (Wildman–Crippen LogP) is 3.58. The highest BCUT2D eigenvalue weighted by Crippen LogP contribution is 2.27. The second-order valence-corrected chi connectivity index (χ2v) is 6.63. The molecule has 2 unspecified atom stereocenters. The van der Waals surface area contributed by atoms with Crippen LogP contribution in [0.5, 0.6) is 0 Å². The largest absolute Gasteiger partial charge is 0.418 e. The molecule has 1 heterocycles. The topological polar surface area (TPSA) is 77.2 Å². The molecular weight excluding hydrogens is 318 g/mol. The molecule has 2 aromatic rings. The van der Waals surface area contributed by atoms with Crippen LogP contribution in [-0.2, 0) is 11.3 Å². The van der Waals surface area contributed by atoms with Crippen molar-refractivity contribution < 1.29 is 13.9 Å². The molecule has 1 aromatic carbocycles. The highest BCUT2D eigenvalue weighted by Gasteiger charge is 2.22. The van der Waals surface area contributed by atoms with Crippen molar-refractivity contribution in [2.24, 2.45) is 5.92 Å². The summed E-state index contributed by atoms with van der Waals surface area (Å²) in [5.74, 6) is 1.49. The summed E-state index contributed by atoms with van der Waals surface area (Å²) < 4.78 is 10.5. The second-order valence-electron chi connectivity index (χ2n) is 6.63. The van der Waals surface area contributed by atoms with Gasteiger partial charge in [0.15, 0.2) is 0 Å². The first kappa shape index (κ1) is 17.6. The Balaban J connectivity index is 1.68. The number of carbonyl (C=O) groups is 1. The minimum absolute atomic E-state index is 0.0415. The number of benzene rings is 1. The number of carbonyl (C=O) groups excluding carboxylic acids is 1. The van der Waals surface area contributed by atoms with Crippen LogP contribution >= 0.6 is 0 Å². The molecule has 3 rings (SSSR count). The third-order valence-electron chi connectivity index (χ3n) is 4.80. The molecule has 0 aliphatic heterocycles. The van der Waals surface area contributed by atoms with Crippen LogP contribution in [-0.4, -0.2) is 29.3 Å². The van der Waals surface area contributed by atoms with E-state index in [4.69, 9.17) is 9.15 Å². The third kappa shape index (κ3) is 4.45. The summed E-state index contributed by atoms with van der Waals surface area (Å²) in [5.41, 5.74) is 1.35. The molecule has 1 aromatic heterocycles. The van der Waals surface area contributed by atoms with Crippen LogP contribution in [0.25, 0.3) is 11.5 Å². The zero-order valence-electron chi connectivity index (χ0n) is 14.8. The Bertz CT molecular complexity index is 713. The van der Waals surface area contributed by atoms with Crippen LogP contribution in [0.4, 0.5) is 0 Å². The van der Waals surface area contributed by atoms with E-state index in [9.17, 15) is 4.79 Å². The molecule has 25 heavy (non-hydrogen) atoms. The summed E-state index contributed by atoms with van der Waals surface area (Å²) in [5, 5.41) is 11.1. The molecule has 6 heteroatoms. The molecule has 1 fully saturated rings. The first-order valence-corrected chi connectivity index (χ1v) is 8.92. The number of rotatable bonds is 6. The monoisotopic (exact) mass is 343 g/mol. The van der Waals surface area contributed by atoms with Gasteiger partial charge in [-0.3, -0.25) is 4.79 Å². The minimum Gasteiger partial charge on any atom is -0.418 e. The van der Waals surface area contributed by atoms with E-state index in [-0.39, 0.29) is 18.6 Å². The third-order valence-corrected chi connectivity index (χ3v) is 4.80. The van der Waals surface area contributed by atoms with Gasteiger partial charge in [0.1, 0.15) is 6.61 Å². The van der Waals surface area contributed by atoms with Gasteiger partial charge in [-0.05, 0) is 37.0 Å². The van der Waals surface area contributed by atoms with Crippen LogP contribution in [0.3, 0.4) is 0 Å². The van der Waals surface area contributed by atoms with Gasteiger partial charge in [0.25, 0.3) is 5.91 Å². The summed E-state index contributed by atoms with van der Waals surface area (Å²) in [7, 11) is 1.57. The van der Waals surface area contributed by atoms with Gasteiger partial charge in [-0.15, -0.1) is 10.2 Å². The van der Waals surface area contributed by atoms with Crippen molar-refractivity contribution in [3.63, 3.8) is 0 Å². The van der Waals surface area contributed by atoms with Gasteiger partial charge in [-0.1, -0.05) is 32.3 Å². The summed E-state index contributed by atoms with van der Waals surface area (Å²) in [6.07, 6.45) is 5.79. The maximum atomic E-state index is 12.6. The number of ether oxygens (including phenoxy) is 1. The number of amides is 1. The molecule has 0 saturated heterocycles. The first-order chi connectivity index (χ1) is 12.2. The lowest BCUT2D eigenvalue weighted by molar-refractivity contribution is 0.0919. The maximum Gasteiger partial charge on any atom is 0.251 e. The normalized spacial score (nSPS) is 20.4.